The number of rotatable bonds is 0. The fourth-order valence-corrected chi connectivity index (χ4v) is 7.19. The molecule has 2 nitrogen and oxygen atoms in total. The summed E-state index contributed by atoms with van der Waals surface area (Å²) in [5, 5.41) is 0. The van der Waals surface area contributed by atoms with Crippen molar-refractivity contribution >= 4 is 11.6 Å². The largest absolute Gasteiger partial charge is 0.290 e. The lowest BCUT2D eigenvalue weighted by Gasteiger charge is -2.51. The van der Waals surface area contributed by atoms with Gasteiger partial charge in [0.15, 0.2) is 0 Å². The van der Waals surface area contributed by atoms with Crippen molar-refractivity contribution < 1.29 is 9.59 Å². The van der Waals surface area contributed by atoms with E-state index < -0.39 is 0 Å². The predicted molar refractivity (Wildman–Crippen MR) is 88.8 cm³/mol. The summed E-state index contributed by atoms with van der Waals surface area (Å²) >= 11 is 0. The molecule has 0 N–H and O–H groups in total. The van der Waals surface area contributed by atoms with Gasteiger partial charge in [-0.15, -0.1) is 0 Å². The maximum atomic E-state index is 13.1. The van der Waals surface area contributed by atoms with Crippen LogP contribution in [-0.4, -0.2) is 11.6 Å². The molecule has 4 saturated carbocycles. The summed E-state index contributed by atoms with van der Waals surface area (Å²) in [6.45, 7) is 0. The molecule has 0 aromatic carbocycles. The third kappa shape index (κ3) is 1.99. The van der Waals surface area contributed by atoms with Crippen LogP contribution < -0.4 is 0 Å². The van der Waals surface area contributed by atoms with E-state index in [0.29, 0.717) is 23.7 Å². The number of Topliss-reactive ketones (excluding diaryl/α,β-unsaturated/α-hetero) is 2. The molecule has 2 heteroatoms. The standard InChI is InChI=1S/C21H28O2/c22-20-18-14-6-2-1-4-12(14)8-10-16(18)17-11-9-13-5-3-7-15(13)19(17)21(20)23/h12-14,16-18H,1-11H2. The third-order valence-electron chi connectivity index (χ3n) is 8.08. The van der Waals surface area contributed by atoms with Crippen LogP contribution >= 0.6 is 0 Å². The topological polar surface area (TPSA) is 34.1 Å². The van der Waals surface area contributed by atoms with Crippen LogP contribution in [0.2, 0.25) is 0 Å². The van der Waals surface area contributed by atoms with Crippen LogP contribution in [-0.2, 0) is 9.59 Å². The maximum absolute atomic E-state index is 13.1. The van der Waals surface area contributed by atoms with Gasteiger partial charge in [0.1, 0.15) is 0 Å². The molecule has 6 unspecified atom stereocenters. The summed E-state index contributed by atoms with van der Waals surface area (Å²) in [6, 6.07) is 0. The quantitative estimate of drug-likeness (QED) is 0.618. The molecule has 0 heterocycles. The van der Waals surface area contributed by atoms with Crippen molar-refractivity contribution in [2.45, 2.75) is 70.6 Å². The molecule has 0 aromatic heterocycles. The molecular weight excluding hydrogens is 284 g/mol. The van der Waals surface area contributed by atoms with Crippen molar-refractivity contribution in [1.29, 1.82) is 0 Å². The van der Waals surface area contributed by atoms with Crippen LogP contribution in [0.15, 0.2) is 11.1 Å². The van der Waals surface area contributed by atoms with Crippen molar-refractivity contribution in [1.82, 2.24) is 0 Å². The minimum atomic E-state index is -0.0379. The first kappa shape index (κ1) is 14.4. The molecule has 0 amide bonds. The van der Waals surface area contributed by atoms with Gasteiger partial charge in [-0.25, -0.2) is 0 Å². The molecule has 0 radical (unpaired) electrons. The Morgan fingerprint density at radius 3 is 2.52 bits per heavy atom. The number of hydrogen-bond donors (Lipinski definition) is 0. The SMILES string of the molecule is O=C1C(=O)C2C3CCCCC3CCC2C2CCC3CCCC3=C12. The Bertz CT molecular complexity index is 587. The minimum Gasteiger partial charge on any atom is -0.290 e. The van der Waals surface area contributed by atoms with Crippen LogP contribution in [0.1, 0.15) is 70.6 Å². The van der Waals surface area contributed by atoms with Gasteiger partial charge in [0, 0.05) is 11.5 Å². The number of carbonyl (C=O) groups is 2. The van der Waals surface area contributed by atoms with E-state index in [1.54, 1.807) is 0 Å². The summed E-state index contributed by atoms with van der Waals surface area (Å²) in [4.78, 5) is 26.1. The lowest BCUT2D eigenvalue weighted by atomic mass is 9.51. The van der Waals surface area contributed by atoms with E-state index in [9.17, 15) is 9.59 Å². The lowest BCUT2D eigenvalue weighted by molar-refractivity contribution is -0.146. The van der Waals surface area contributed by atoms with Gasteiger partial charge in [-0.3, -0.25) is 9.59 Å². The zero-order chi connectivity index (χ0) is 15.6. The highest BCUT2D eigenvalue weighted by molar-refractivity contribution is 6.45. The number of carbonyl (C=O) groups excluding carboxylic acids is 2. The fourth-order valence-electron chi connectivity index (χ4n) is 7.19. The van der Waals surface area contributed by atoms with Gasteiger partial charge in [0.05, 0.1) is 0 Å². The van der Waals surface area contributed by atoms with E-state index in [0.717, 1.165) is 17.9 Å². The Kier molecular flexibility index (Phi) is 3.32. The first-order chi connectivity index (χ1) is 11.3. The summed E-state index contributed by atoms with van der Waals surface area (Å²) in [5.74, 6) is 2.93. The Balaban J connectivity index is 1.56. The number of allylic oxidation sites excluding steroid dienone is 2. The maximum Gasteiger partial charge on any atom is 0.225 e. The van der Waals surface area contributed by atoms with E-state index in [2.05, 4.69) is 0 Å². The van der Waals surface area contributed by atoms with Crippen molar-refractivity contribution in [3.63, 3.8) is 0 Å². The first-order valence-corrected chi connectivity index (χ1v) is 10.1. The molecule has 0 bridgehead atoms. The van der Waals surface area contributed by atoms with Crippen molar-refractivity contribution in [2.24, 2.45) is 35.5 Å². The Morgan fingerprint density at radius 2 is 1.61 bits per heavy atom. The van der Waals surface area contributed by atoms with Crippen molar-refractivity contribution in [2.75, 3.05) is 0 Å². The lowest BCUT2D eigenvalue weighted by Crippen LogP contribution is -2.52. The summed E-state index contributed by atoms with van der Waals surface area (Å²) in [6.07, 6.45) is 13.7. The second-order valence-electron chi connectivity index (χ2n) is 8.88. The average Bonchev–Trinajstić information content (AvgIpc) is 3.07. The highest BCUT2D eigenvalue weighted by Crippen LogP contribution is 2.57. The second-order valence-corrected chi connectivity index (χ2v) is 8.88. The Morgan fingerprint density at radius 1 is 0.739 bits per heavy atom. The van der Waals surface area contributed by atoms with Crippen molar-refractivity contribution in [3.05, 3.63) is 11.1 Å². The van der Waals surface area contributed by atoms with E-state index in [4.69, 9.17) is 0 Å². The molecule has 6 atom stereocenters. The zero-order valence-electron chi connectivity index (χ0n) is 14.1. The molecule has 124 valence electrons. The monoisotopic (exact) mass is 312 g/mol. The summed E-state index contributed by atoms with van der Waals surface area (Å²) < 4.78 is 0. The van der Waals surface area contributed by atoms with Crippen LogP contribution in [0.25, 0.3) is 0 Å². The molecule has 5 rings (SSSR count). The van der Waals surface area contributed by atoms with Crippen LogP contribution in [0.3, 0.4) is 0 Å². The normalized spacial score (nSPS) is 46.1. The third-order valence-corrected chi connectivity index (χ3v) is 8.08. The zero-order valence-corrected chi connectivity index (χ0v) is 14.1. The van der Waals surface area contributed by atoms with E-state index in [1.807, 2.05) is 0 Å². The average molecular weight is 312 g/mol. The van der Waals surface area contributed by atoms with Crippen LogP contribution in [0.4, 0.5) is 0 Å². The van der Waals surface area contributed by atoms with E-state index in [-0.39, 0.29) is 17.5 Å². The highest BCUT2D eigenvalue weighted by Gasteiger charge is 2.55. The molecule has 0 saturated heterocycles. The molecular formula is C21H28O2. The smallest absolute Gasteiger partial charge is 0.225 e. The van der Waals surface area contributed by atoms with E-state index >= 15 is 0 Å². The van der Waals surface area contributed by atoms with Crippen molar-refractivity contribution in [3.8, 4) is 0 Å². The molecule has 4 fully saturated rings. The molecule has 0 aliphatic heterocycles. The van der Waals surface area contributed by atoms with Gasteiger partial charge in [-0.2, -0.15) is 0 Å². The number of fused-ring (bicyclic) bond motifs is 6. The van der Waals surface area contributed by atoms with Gasteiger partial charge < -0.3 is 0 Å². The van der Waals surface area contributed by atoms with Gasteiger partial charge in [0.2, 0.25) is 11.6 Å². The number of ketones is 2. The Hall–Kier alpha value is -0.920. The van der Waals surface area contributed by atoms with Gasteiger partial charge in [-0.1, -0.05) is 24.8 Å². The molecule has 5 aliphatic carbocycles. The van der Waals surface area contributed by atoms with Gasteiger partial charge in [-0.05, 0) is 81.0 Å². The molecule has 23 heavy (non-hydrogen) atoms. The van der Waals surface area contributed by atoms with Crippen LogP contribution in [0, 0.1) is 35.5 Å². The second kappa shape index (κ2) is 5.29. The predicted octanol–water partition coefficient (Wildman–Crippen LogP) is 4.48. The molecule has 0 spiro atoms. The fraction of sp³-hybridized carbons (Fsp3) is 0.810. The number of hydrogen-bond acceptors (Lipinski definition) is 2. The Labute approximate surface area is 139 Å². The first-order valence-electron chi connectivity index (χ1n) is 10.1. The molecule has 5 aliphatic rings. The minimum absolute atomic E-state index is 0.0258. The highest BCUT2D eigenvalue weighted by atomic mass is 16.2. The summed E-state index contributed by atoms with van der Waals surface area (Å²) in [7, 11) is 0. The van der Waals surface area contributed by atoms with E-state index in [1.165, 1.54) is 69.8 Å². The summed E-state index contributed by atoms with van der Waals surface area (Å²) in [5.41, 5.74) is 2.46. The molecule has 0 aromatic rings. The van der Waals surface area contributed by atoms with Gasteiger partial charge in [0.25, 0.3) is 0 Å². The van der Waals surface area contributed by atoms with Crippen LogP contribution in [0.5, 0.6) is 0 Å². The van der Waals surface area contributed by atoms with Gasteiger partial charge >= 0.3 is 0 Å².